The minimum atomic E-state index is -0.975. The van der Waals surface area contributed by atoms with E-state index in [0.717, 1.165) is 44.2 Å². The van der Waals surface area contributed by atoms with Crippen LogP contribution in [0.2, 0.25) is 0 Å². The van der Waals surface area contributed by atoms with Gasteiger partial charge in [0.2, 0.25) is 0 Å². The highest BCUT2D eigenvalue weighted by Crippen LogP contribution is 2.26. The number of hydrogen-bond donors (Lipinski definition) is 2. The van der Waals surface area contributed by atoms with E-state index in [9.17, 15) is 14.7 Å². The van der Waals surface area contributed by atoms with Crippen molar-refractivity contribution in [2.75, 3.05) is 0 Å². The molecule has 1 aromatic rings. The molecule has 2 rings (SSSR count). The van der Waals surface area contributed by atoms with Crippen LogP contribution in [0.15, 0.2) is 12.4 Å². The SMILES string of the molecule is CC(C)Cc1cncc(C(=O)N[C@H](C(=O)O)C2CCCCC2)n1. The number of nitrogens with one attached hydrogen (secondary N) is 1. The minimum absolute atomic E-state index is 0.00277. The molecule has 1 aliphatic carbocycles. The van der Waals surface area contributed by atoms with E-state index in [1.165, 1.54) is 6.20 Å². The Morgan fingerprint density at radius 2 is 1.96 bits per heavy atom. The first kappa shape index (κ1) is 17.4. The van der Waals surface area contributed by atoms with Gasteiger partial charge in [0.15, 0.2) is 0 Å². The number of aromatic nitrogens is 2. The zero-order valence-corrected chi connectivity index (χ0v) is 13.8. The van der Waals surface area contributed by atoms with Crippen LogP contribution in [0.1, 0.15) is 62.1 Å². The Hall–Kier alpha value is -1.98. The van der Waals surface area contributed by atoms with Crippen LogP contribution in [-0.4, -0.2) is 33.0 Å². The fraction of sp³-hybridized carbons (Fsp3) is 0.647. The predicted molar refractivity (Wildman–Crippen MR) is 86.0 cm³/mol. The van der Waals surface area contributed by atoms with Gasteiger partial charge in [-0.3, -0.25) is 9.78 Å². The average molecular weight is 319 g/mol. The Morgan fingerprint density at radius 3 is 2.57 bits per heavy atom. The lowest BCUT2D eigenvalue weighted by Gasteiger charge is -2.27. The first-order valence-corrected chi connectivity index (χ1v) is 8.32. The summed E-state index contributed by atoms with van der Waals surface area (Å²) in [6.07, 6.45) is 8.64. The molecule has 1 aromatic heterocycles. The number of rotatable bonds is 6. The van der Waals surface area contributed by atoms with Crippen molar-refractivity contribution < 1.29 is 14.7 Å². The quantitative estimate of drug-likeness (QED) is 0.840. The summed E-state index contributed by atoms with van der Waals surface area (Å²) in [6.45, 7) is 4.13. The zero-order valence-electron chi connectivity index (χ0n) is 13.8. The van der Waals surface area contributed by atoms with Crippen LogP contribution in [0.5, 0.6) is 0 Å². The molecule has 1 atom stereocenters. The Kier molecular flexibility index (Phi) is 6.07. The van der Waals surface area contributed by atoms with E-state index in [4.69, 9.17) is 0 Å². The van der Waals surface area contributed by atoms with Gasteiger partial charge in [-0.1, -0.05) is 33.1 Å². The molecule has 1 saturated carbocycles. The van der Waals surface area contributed by atoms with Gasteiger partial charge in [0.1, 0.15) is 11.7 Å². The Bertz CT molecular complexity index is 554. The topological polar surface area (TPSA) is 92.2 Å². The summed E-state index contributed by atoms with van der Waals surface area (Å²) in [7, 11) is 0. The first-order valence-electron chi connectivity index (χ1n) is 8.32. The van der Waals surface area contributed by atoms with Crippen molar-refractivity contribution in [1.82, 2.24) is 15.3 Å². The van der Waals surface area contributed by atoms with Gasteiger partial charge in [0.05, 0.1) is 11.9 Å². The van der Waals surface area contributed by atoms with Gasteiger partial charge < -0.3 is 10.4 Å². The molecule has 0 saturated heterocycles. The average Bonchev–Trinajstić information content (AvgIpc) is 2.52. The molecule has 23 heavy (non-hydrogen) atoms. The smallest absolute Gasteiger partial charge is 0.326 e. The van der Waals surface area contributed by atoms with E-state index in [1.807, 2.05) is 0 Å². The van der Waals surface area contributed by atoms with Crippen molar-refractivity contribution in [3.8, 4) is 0 Å². The lowest BCUT2D eigenvalue weighted by Crippen LogP contribution is -2.46. The molecule has 0 bridgehead atoms. The Labute approximate surface area is 136 Å². The standard InChI is InChI=1S/C17H25N3O3/c1-11(2)8-13-9-18-10-14(19-13)16(21)20-15(17(22)23)12-6-4-3-5-7-12/h9-12,15H,3-8H2,1-2H3,(H,20,21)(H,22,23)/t15-/m0/s1. The van der Waals surface area contributed by atoms with Crippen LogP contribution in [0.3, 0.4) is 0 Å². The molecule has 1 aliphatic rings. The molecule has 6 nitrogen and oxygen atoms in total. The molecule has 0 radical (unpaired) electrons. The second-order valence-corrected chi connectivity index (χ2v) is 6.68. The number of nitrogens with zero attached hydrogens (tertiary/aromatic N) is 2. The van der Waals surface area contributed by atoms with Crippen LogP contribution in [-0.2, 0) is 11.2 Å². The highest BCUT2D eigenvalue weighted by atomic mass is 16.4. The van der Waals surface area contributed by atoms with E-state index in [0.29, 0.717) is 5.92 Å². The molecule has 0 aliphatic heterocycles. The molecule has 1 fully saturated rings. The van der Waals surface area contributed by atoms with E-state index in [1.54, 1.807) is 6.20 Å². The highest BCUT2D eigenvalue weighted by Gasteiger charge is 2.31. The first-order chi connectivity index (χ1) is 11.0. The fourth-order valence-electron chi connectivity index (χ4n) is 3.10. The van der Waals surface area contributed by atoms with Gasteiger partial charge in [-0.05, 0) is 31.1 Å². The van der Waals surface area contributed by atoms with E-state index in [2.05, 4.69) is 29.1 Å². The number of amides is 1. The molecule has 2 N–H and O–H groups in total. The van der Waals surface area contributed by atoms with Gasteiger partial charge in [-0.25, -0.2) is 9.78 Å². The molecule has 1 heterocycles. The normalized spacial score (nSPS) is 17.0. The lowest BCUT2D eigenvalue weighted by atomic mass is 9.84. The minimum Gasteiger partial charge on any atom is -0.480 e. The summed E-state index contributed by atoms with van der Waals surface area (Å²) in [5, 5.41) is 12.1. The molecule has 1 amide bonds. The number of carboxylic acids is 1. The summed E-state index contributed by atoms with van der Waals surface area (Å²) in [5.74, 6) is -1.02. The van der Waals surface area contributed by atoms with Crippen LogP contribution in [0.4, 0.5) is 0 Å². The summed E-state index contributed by atoms with van der Waals surface area (Å²) in [6, 6.07) is -0.849. The maximum absolute atomic E-state index is 12.4. The summed E-state index contributed by atoms with van der Waals surface area (Å²) < 4.78 is 0. The fourth-order valence-corrected chi connectivity index (χ4v) is 3.10. The van der Waals surface area contributed by atoms with Gasteiger partial charge >= 0.3 is 5.97 Å². The van der Waals surface area contributed by atoms with Gasteiger partial charge in [-0.15, -0.1) is 0 Å². The number of hydrogen-bond acceptors (Lipinski definition) is 4. The van der Waals surface area contributed by atoms with Gasteiger partial charge in [-0.2, -0.15) is 0 Å². The largest absolute Gasteiger partial charge is 0.480 e. The molecule has 6 heteroatoms. The summed E-state index contributed by atoms with van der Waals surface area (Å²) >= 11 is 0. The zero-order chi connectivity index (χ0) is 16.8. The molecule has 126 valence electrons. The van der Waals surface area contributed by atoms with Crippen molar-refractivity contribution >= 4 is 11.9 Å². The van der Waals surface area contributed by atoms with Crippen LogP contribution >= 0.6 is 0 Å². The second kappa shape index (κ2) is 8.04. The van der Waals surface area contributed by atoms with Gasteiger partial charge in [0.25, 0.3) is 5.91 Å². The van der Waals surface area contributed by atoms with Crippen molar-refractivity contribution in [2.45, 2.75) is 58.4 Å². The number of aliphatic carboxylic acids is 1. The lowest BCUT2D eigenvalue weighted by molar-refractivity contribution is -0.141. The number of carboxylic acid groups (broad SMARTS) is 1. The third-order valence-corrected chi connectivity index (χ3v) is 4.21. The van der Waals surface area contributed by atoms with Crippen molar-refractivity contribution in [3.63, 3.8) is 0 Å². The van der Waals surface area contributed by atoms with E-state index < -0.39 is 17.9 Å². The van der Waals surface area contributed by atoms with Crippen molar-refractivity contribution in [1.29, 1.82) is 0 Å². The van der Waals surface area contributed by atoms with Crippen LogP contribution in [0, 0.1) is 11.8 Å². The van der Waals surface area contributed by atoms with E-state index >= 15 is 0 Å². The third-order valence-electron chi connectivity index (χ3n) is 4.21. The predicted octanol–water partition coefficient (Wildman–Crippen LogP) is 2.44. The molecular weight excluding hydrogens is 294 g/mol. The van der Waals surface area contributed by atoms with Crippen molar-refractivity contribution in [2.24, 2.45) is 11.8 Å². The maximum atomic E-state index is 12.4. The second-order valence-electron chi connectivity index (χ2n) is 6.68. The molecule has 0 spiro atoms. The molecular formula is C17H25N3O3. The van der Waals surface area contributed by atoms with Crippen LogP contribution < -0.4 is 5.32 Å². The molecule has 0 unspecified atom stereocenters. The third kappa shape index (κ3) is 5.01. The number of carbonyl (C=O) groups excluding carboxylic acids is 1. The monoisotopic (exact) mass is 319 g/mol. The van der Waals surface area contributed by atoms with E-state index in [-0.39, 0.29) is 11.6 Å². The van der Waals surface area contributed by atoms with Crippen molar-refractivity contribution in [3.05, 3.63) is 23.8 Å². The molecule has 0 aromatic carbocycles. The maximum Gasteiger partial charge on any atom is 0.326 e. The highest BCUT2D eigenvalue weighted by molar-refractivity contribution is 5.94. The Balaban J connectivity index is 2.07. The summed E-state index contributed by atoms with van der Waals surface area (Å²) in [5.41, 5.74) is 0.933. The van der Waals surface area contributed by atoms with Crippen LogP contribution in [0.25, 0.3) is 0 Å². The Morgan fingerprint density at radius 1 is 1.26 bits per heavy atom. The summed E-state index contributed by atoms with van der Waals surface area (Å²) in [4.78, 5) is 32.2. The number of carbonyl (C=O) groups is 2. The van der Waals surface area contributed by atoms with Gasteiger partial charge in [0, 0.05) is 6.20 Å².